The highest BCUT2D eigenvalue weighted by Gasteiger charge is 2.40. The Labute approximate surface area is 416 Å². The molecule has 2 N–H and O–H groups in total. The Kier molecular flexibility index (Phi) is 17.0. The number of esters is 2. The van der Waals surface area contributed by atoms with Gasteiger partial charge in [-0.15, -0.1) is 0 Å². The van der Waals surface area contributed by atoms with Gasteiger partial charge in [-0.3, -0.25) is 9.98 Å². The van der Waals surface area contributed by atoms with Gasteiger partial charge in [0.2, 0.25) is 0 Å². The second kappa shape index (κ2) is 23.1. The van der Waals surface area contributed by atoms with Crippen molar-refractivity contribution in [3.8, 4) is 0 Å². The first-order valence-electron chi connectivity index (χ1n) is 22.7. The lowest BCUT2D eigenvalue weighted by atomic mass is 10.0. The van der Waals surface area contributed by atoms with Gasteiger partial charge in [-0.2, -0.15) is 0 Å². The number of nitrogens with one attached hydrogen (secondary N) is 2. The minimum atomic E-state index is -1.36. The van der Waals surface area contributed by atoms with Crippen LogP contribution in [-0.2, 0) is 19.1 Å². The summed E-state index contributed by atoms with van der Waals surface area (Å²) in [5, 5.41) is 6.47. The summed E-state index contributed by atoms with van der Waals surface area (Å²) in [6.07, 6.45) is 11.8. The van der Waals surface area contributed by atoms with Crippen LogP contribution >= 0.6 is 69.9 Å². The molecule has 4 aliphatic heterocycles. The number of hydrogen-bond acceptors (Lipinski definition) is 12. The summed E-state index contributed by atoms with van der Waals surface area (Å²) in [6, 6.07) is 25.9. The summed E-state index contributed by atoms with van der Waals surface area (Å²) < 4.78 is 12.8. The van der Waals surface area contributed by atoms with Gasteiger partial charge >= 0.3 is 11.9 Å². The van der Waals surface area contributed by atoms with E-state index in [1.165, 1.54) is 49.2 Å². The molecule has 4 aliphatic rings. The van der Waals surface area contributed by atoms with Crippen LogP contribution in [0.3, 0.4) is 0 Å². The molecule has 0 amide bonds. The number of likely N-dealkylation sites (tertiary alicyclic amines) is 2. The summed E-state index contributed by atoms with van der Waals surface area (Å²) in [4.78, 5) is 43.3. The largest absolute Gasteiger partial charge is 0.424 e. The van der Waals surface area contributed by atoms with Crippen LogP contribution in [0.2, 0.25) is 20.1 Å². The lowest BCUT2D eigenvalue weighted by molar-refractivity contribution is -0.146. The van der Waals surface area contributed by atoms with Gasteiger partial charge in [0.25, 0.3) is 10.1 Å². The van der Waals surface area contributed by atoms with Crippen molar-refractivity contribution in [1.82, 2.24) is 9.80 Å². The molecule has 0 bridgehead atoms. The number of benzodiazepines with no additional fused rings is 2. The molecule has 16 heteroatoms. The van der Waals surface area contributed by atoms with Crippen molar-refractivity contribution in [2.24, 2.45) is 9.98 Å². The highest BCUT2D eigenvalue weighted by atomic mass is 35.5. The highest BCUT2D eigenvalue weighted by molar-refractivity contribution is 8.00. The molecular weight excluding hydrogens is 955 g/mol. The van der Waals surface area contributed by atoms with E-state index in [1.807, 2.05) is 72.8 Å². The van der Waals surface area contributed by atoms with Gasteiger partial charge < -0.3 is 29.9 Å². The Hall–Kier alpha value is -3.72. The molecule has 66 heavy (non-hydrogen) atoms. The van der Waals surface area contributed by atoms with Crippen LogP contribution in [0.25, 0.3) is 0 Å². The topological polar surface area (TPSA) is 108 Å². The van der Waals surface area contributed by atoms with Gasteiger partial charge in [0.15, 0.2) is 0 Å². The Bertz CT molecular complexity index is 2290. The standard InChI is InChI=1S/C50H54Cl4N6O4S2/c51-35-17-19-43-39(31-35)47(37-13-5-7-15-41(37)53)55-33-49(57-43,65-29-27-59-23-9-1-2-10-24-59)63-45(61)21-22-46(62)64-50(66-30-28-60-25-11-3-4-12-26-60)34-56-48(38-14-6-8-16-42(38)54)40-32-36(52)18-20-44(40)58-50/h5-8,13-22,31-32,57-58H,1-4,9-12,23-30,33-34H2/b22-21+. The van der Waals surface area contributed by atoms with Crippen LogP contribution < -0.4 is 10.6 Å². The molecule has 4 aromatic carbocycles. The highest BCUT2D eigenvalue weighted by Crippen LogP contribution is 2.39. The van der Waals surface area contributed by atoms with Gasteiger partial charge in [-0.1, -0.05) is 132 Å². The van der Waals surface area contributed by atoms with Gasteiger partial charge in [0, 0.05) is 90.5 Å². The Balaban J connectivity index is 1.06. The summed E-state index contributed by atoms with van der Waals surface area (Å²) >= 11 is 29.6. The fourth-order valence-electron chi connectivity index (χ4n) is 8.70. The minimum Gasteiger partial charge on any atom is -0.424 e. The van der Waals surface area contributed by atoms with Crippen LogP contribution in [0, 0.1) is 0 Å². The second-order valence-corrected chi connectivity index (χ2v) is 21.2. The zero-order valence-corrected chi connectivity index (χ0v) is 41.4. The van der Waals surface area contributed by atoms with Crippen LogP contribution in [0.15, 0.2) is 107 Å². The van der Waals surface area contributed by atoms with Crippen molar-refractivity contribution < 1.29 is 19.1 Å². The molecule has 0 aromatic heterocycles. The van der Waals surface area contributed by atoms with Crippen LogP contribution in [0.4, 0.5) is 11.4 Å². The Morgan fingerprint density at radius 2 is 0.955 bits per heavy atom. The monoisotopic (exact) mass is 1010 g/mol. The van der Waals surface area contributed by atoms with Crippen LogP contribution in [-0.4, -0.2) is 107 Å². The van der Waals surface area contributed by atoms with E-state index in [4.69, 9.17) is 65.9 Å². The first-order chi connectivity index (χ1) is 32.1. The van der Waals surface area contributed by atoms with E-state index in [1.54, 1.807) is 12.1 Å². The smallest absolute Gasteiger partial charge is 0.333 e. The molecule has 0 aliphatic carbocycles. The summed E-state index contributed by atoms with van der Waals surface area (Å²) in [5.41, 5.74) is 5.48. The number of carbonyl (C=O) groups excluding carboxylic acids is 2. The lowest BCUT2D eigenvalue weighted by Gasteiger charge is -2.33. The number of benzene rings is 4. The quantitative estimate of drug-likeness (QED) is 0.0720. The molecule has 2 saturated heterocycles. The zero-order chi connectivity index (χ0) is 45.9. The van der Waals surface area contributed by atoms with Crippen molar-refractivity contribution in [3.63, 3.8) is 0 Å². The van der Waals surface area contributed by atoms with Crippen LogP contribution in [0.5, 0.6) is 0 Å². The normalized spacial score (nSPS) is 21.6. The maximum absolute atomic E-state index is 14.1. The summed E-state index contributed by atoms with van der Waals surface area (Å²) in [6.45, 7) is 5.82. The third-order valence-electron chi connectivity index (χ3n) is 12.0. The number of hydrogen-bond donors (Lipinski definition) is 2. The fourth-order valence-corrected chi connectivity index (χ4v) is 11.8. The number of thioether (sulfide) groups is 2. The van der Waals surface area contributed by atoms with Crippen molar-refractivity contribution in [1.29, 1.82) is 0 Å². The molecular formula is C50H54Cl4N6O4S2. The number of fused-ring (bicyclic) bond motifs is 2. The molecule has 4 heterocycles. The molecule has 2 fully saturated rings. The number of nitrogens with zero attached hydrogens (tertiary/aromatic N) is 4. The maximum Gasteiger partial charge on any atom is 0.333 e. The third-order valence-corrected chi connectivity index (χ3v) is 15.5. The average molecular weight is 1010 g/mol. The molecule has 0 spiro atoms. The number of aliphatic imine (C=N–C) groups is 2. The van der Waals surface area contributed by atoms with E-state index in [-0.39, 0.29) is 13.1 Å². The van der Waals surface area contributed by atoms with Crippen LogP contribution in [0.1, 0.15) is 73.6 Å². The summed E-state index contributed by atoms with van der Waals surface area (Å²) in [5.74, 6) is -0.190. The molecule has 348 valence electrons. The van der Waals surface area contributed by atoms with E-state index in [9.17, 15) is 9.59 Å². The number of rotatable bonds is 14. The van der Waals surface area contributed by atoms with Crippen molar-refractivity contribution in [3.05, 3.63) is 139 Å². The first kappa shape index (κ1) is 48.7. The van der Waals surface area contributed by atoms with E-state index in [2.05, 4.69) is 20.4 Å². The second-order valence-electron chi connectivity index (χ2n) is 16.8. The van der Waals surface area contributed by atoms with E-state index in [0.717, 1.165) is 99.4 Å². The molecule has 2 atom stereocenters. The van der Waals surface area contributed by atoms with Gasteiger partial charge in [0.1, 0.15) is 13.1 Å². The van der Waals surface area contributed by atoms with E-state index in [0.29, 0.717) is 54.4 Å². The molecule has 8 rings (SSSR count). The average Bonchev–Trinajstić information content (AvgIpc) is 3.84. The fraction of sp³-hybridized carbons (Fsp3) is 0.400. The molecule has 0 saturated carbocycles. The Morgan fingerprint density at radius 3 is 1.35 bits per heavy atom. The third kappa shape index (κ3) is 12.7. The molecule has 0 radical (unpaired) electrons. The predicted molar refractivity (Wildman–Crippen MR) is 276 cm³/mol. The van der Waals surface area contributed by atoms with Crippen molar-refractivity contribution in [2.45, 2.75) is 61.5 Å². The van der Waals surface area contributed by atoms with Gasteiger partial charge in [0.05, 0.1) is 11.4 Å². The van der Waals surface area contributed by atoms with E-state index >= 15 is 0 Å². The van der Waals surface area contributed by atoms with Crippen molar-refractivity contribution in [2.75, 3.05) is 74.5 Å². The summed E-state index contributed by atoms with van der Waals surface area (Å²) in [7, 11) is 0. The number of ether oxygens (including phenoxy) is 2. The minimum absolute atomic E-state index is 0.0461. The maximum atomic E-state index is 14.1. The Morgan fingerprint density at radius 1 is 0.561 bits per heavy atom. The zero-order valence-electron chi connectivity index (χ0n) is 36.7. The van der Waals surface area contributed by atoms with Crippen molar-refractivity contribution >= 4 is 105 Å². The molecule has 4 aromatic rings. The van der Waals surface area contributed by atoms with E-state index < -0.39 is 22.1 Å². The van der Waals surface area contributed by atoms with Gasteiger partial charge in [-0.05, 0) is 100 Å². The molecule has 10 nitrogen and oxygen atoms in total. The molecule has 2 unspecified atom stereocenters. The predicted octanol–water partition coefficient (Wildman–Crippen LogP) is 11.7. The van der Waals surface area contributed by atoms with Gasteiger partial charge in [-0.25, -0.2) is 9.59 Å². The SMILES string of the molecule is O=C(/C=C/C(=O)OC1(SCCN2CCCCCC2)CN=C(c2ccccc2Cl)c2cc(Cl)ccc2N1)OC1(SCCN2CCCCCC2)CN=C(c2ccccc2Cl)c2cc(Cl)ccc2N1. The lowest BCUT2D eigenvalue weighted by Crippen LogP contribution is -2.44. The number of halogens is 4. The number of carbonyl (C=O) groups is 2. The number of anilines is 2. The first-order valence-corrected chi connectivity index (χ1v) is 26.2.